The standard InChI is InChI=1S/C19H26FN5.HI/c1-15-12-24-25(13-15)10-4-9-22-18(21-2)23-14-19(7-8-19)16-5-3-6-17(20)11-16;/h3,5-6,11-13H,4,7-10,14H2,1-2H3,(H2,21,22,23);1H. The molecule has 1 aromatic heterocycles. The van der Waals surface area contributed by atoms with E-state index in [1.165, 1.54) is 11.6 Å². The molecule has 26 heavy (non-hydrogen) atoms. The molecule has 1 fully saturated rings. The molecule has 5 nitrogen and oxygen atoms in total. The molecule has 1 heterocycles. The third kappa shape index (κ3) is 5.43. The van der Waals surface area contributed by atoms with Crippen molar-refractivity contribution in [3.63, 3.8) is 0 Å². The first-order valence-electron chi connectivity index (χ1n) is 8.81. The predicted octanol–water partition coefficient (Wildman–Crippen LogP) is 3.24. The quantitative estimate of drug-likeness (QED) is 0.282. The third-order valence-corrected chi connectivity index (χ3v) is 4.73. The van der Waals surface area contributed by atoms with Crippen LogP contribution in [0.3, 0.4) is 0 Å². The molecular formula is C19H27FIN5. The topological polar surface area (TPSA) is 54.2 Å². The van der Waals surface area contributed by atoms with Gasteiger partial charge in [0.1, 0.15) is 5.82 Å². The number of aromatic nitrogens is 2. The number of nitrogens with zero attached hydrogens (tertiary/aromatic N) is 3. The average Bonchev–Trinajstić information content (AvgIpc) is 3.29. The fraction of sp³-hybridized carbons (Fsp3) is 0.474. The minimum Gasteiger partial charge on any atom is -0.356 e. The van der Waals surface area contributed by atoms with E-state index >= 15 is 0 Å². The summed E-state index contributed by atoms with van der Waals surface area (Å²) in [6.45, 7) is 4.52. The maximum Gasteiger partial charge on any atom is 0.191 e. The van der Waals surface area contributed by atoms with Crippen molar-refractivity contribution < 1.29 is 4.39 Å². The maximum atomic E-state index is 13.5. The van der Waals surface area contributed by atoms with E-state index in [-0.39, 0.29) is 35.2 Å². The molecule has 7 heteroatoms. The lowest BCUT2D eigenvalue weighted by Gasteiger charge is -2.19. The van der Waals surface area contributed by atoms with Crippen molar-refractivity contribution in [3.8, 4) is 0 Å². The van der Waals surface area contributed by atoms with Gasteiger partial charge in [0.2, 0.25) is 0 Å². The summed E-state index contributed by atoms with van der Waals surface area (Å²) in [5.41, 5.74) is 2.30. The number of rotatable bonds is 7. The SMILES string of the molecule is CN=C(NCCCn1cc(C)cn1)NCC1(c2cccc(F)c2)CC1.I. The molecule has 1 saturated carbocycles. The van der Waals surface area contributed by atoms with Crippen LogP contribution in [0.4, 0.5) is 4.39 Å². The minimum atomic E-state index is -0.167. The molecule has 0 radical (unpaired) electrons. The number of guanidine groups is 1. The summed E-state index contributed by atoms with van der Waals surface area (Å²) in [6, 6.07) is 6.94. The summed E-state index contributed by atoms with van der Waals surface area (Å²) < 4.78 is 15.4. The van der Waals surface area contributed by atoms with Gasteiger partial charge < -0.3 is 10.6 Å². The van der Waals surface area contributed by atoms with Crippen molar-refractivity contribution in [2.75, 3.05) is 20.1 Å². The molecule has 0 saturated heterocycles. The summed E-state index contributed by atoms with van der Waals surface area (Å²) in [5.74, 6) is 0.625. The van der Waals surface area contributed by atoms with Gasteiger partial charge in [-0.05, 0) is 49.4 Å². The summed E-state index contributed by atoms with van der Waals surface area (Å²) in [5, 5.41) is 11.0. The van der Waals surface area contributed by atoms with Gasteiger partial charge >= 0.3 is 0 Å². The van der Waals surface area contributed by atoms with Crippen LogP contribution in [0.2, 0.25) is 0 Å². The number of hydrogen-bond acceptors (Lipinski definition) is 2. The number of aryl methyl sites for hydroxylation is 2. The molecule has 0 amide bonds. The molecule has 0 bridgehead atoms. The van der Waals surface area contributed by atoms with Crippen molar-refractivity contribution in [3.05, 3.63) is 53.6 Å². The Balaban J connectivity index is 0.00000243. The zero-order valence-electron chi connectivity index (χ0n) is 15.3. The second kappa shape index (κ2) is 9.34. The number of benzene rings is 1. The highest BCUT2D eigenvalue weighted by Gasteiger charge is 2.44. The molecule has 0 unspecified atom stereocenters. The van der Waals surface area contributed by atoms with Gasteiger partial charge in [0.05, 0.1) is 6.20 Å². The summed E-state index contributed by atoms with van der Waals surface area (Å²) in [4.78, 5) is 4.28. The van der Waals surface area contributed by atoms with Gasteiger partial charge in [0, 0.05) is 38.3 Å². The predicted molar refractivity (Wildman–Crippen MR) is 114 cm³/mol. The number of nitrogens with one attached hydrogen (secondary N) is 2. The Morgan fingerprint density at radius 1 is 1.35 bits per heavy atom. The van der Waals surface area contributed by atoms with E-state index in [0.717, 1.165) is 50.4 Å². The second-order valence-corrected chi connectivity index (χ2v) is 6.78. The zero-order valence-corrected chi connectivity index (χ0v) is 17.7. The largest absolute Gasteiger partial charge is 0.356 e. The first-order valence-corrected chi connectivity index (χ1v) is 8.81. The molecule has 2 aromatic rings. The van der Waals surface area contributed by atoms with Crippen molar-refractivity contribution in [1.29, 1.82) is 0 Å². The van der Waals surface area contributed by atoms with Crippen LogP contribution in [-0.4, -0.2) is 35.9 Å². The Morgan fingerprint density at radius 3 is 2.77 bits per heavy atom. The Labute approximate surface area is 171 Å². The number of halogens is 2. The van der Waals surface area contributed by atoms with Crippen LogP contribution in [0, 0.1) is 12.7 Å². The summed E-state index contributed by atoms with van der Waals surface area (Å²) >= 11 is 0. The number of aliphatic imine (C=N–C) groups is 1. The highest BCUT2D eigenvalue weighted by Crippen LogP contribution is 2.47. The molecule has 0 atom stereocenters. The smallest absolute Gasteiger partial charge is 0.191 e. The van der Waals surface area contributed by atoms with Gasteiger partial charge in [-0.15, -0.1) is 24.0 Å². The van der Waals surface area contributed by atoms with Crippen molar-refractivity contribution in [2.24, 2.45) is 4.99 Å². The van der Waals surface area contributed by atoms with E-state index in [4.69, 9.17) is 0 Å². The maximum absolute atomic E-state index is 13.5. The molecular weight excluding hydrogens is 444 g/mol. The summed E-state index contributed by atoms with van der Waals surface area (Å²) in [7, 11) is 1.77. The monoisotopic (exact) mass is 471 g/mol. The van der Waals surface area contributed by atoms with E-state index in [1.807, 2.05) is 30.1 Å². The van der Waals surface area contributed by atoms with E-state index in [1.54, 1.807) is 19.2 Å². The fourth-order valence-electron chi connectivity index (χ4n) is 3.05. The van der Waals surface area contributed by atoms with Crippen LogP contribution in [0.1, 0.15) is 30.4 Å². The van der Waals surface area contributed by atoms with Gasteiger partial charge in [-0.2, -0.15) is 5.10 Å². The highest BCUT2D eigenvalue weighted by atomic mass is 127. The van der Waals surface area contributed by atoms with Crippen LogP contribution >= 0.6 is 24.0 Å². The van der Waals surface area contributed by atoms with Crippen LogP contribution in [0.5, 0.6) is 0 Å². The van der Waals surface area contributed by atoms with Crippen molar-refractivity contribution >= 4 is 29.9 Å². The zero-order chi connectivity index (χ0) is 17.7. The first kappa shape index (κ1) is 20.7. The minimum absolute atomic E-state index is 0. The van der Waals surface area contributed by atoms with E-state index in [2.05, 4.69) is 20.7 Å². The Hall–Kier alpha value is -1.64. The molecule has 0 aliphatic heterocycles. The Morgan fingerprint density at radius 2 is 2.15 bits per heavy atom. The van der Waals surface area contributed by atoms with Crippen molar-refractivity contribution in [1.82, 2.24) is 20.4 Å². The van der Waals surface area contributed by atoms with Gasteiger partial charge in [-0.25, -0.2) is 4.39 Å². The molecule has 2 N–H and O–H groups in total. The normalized spacial score (nSPS) is 15.3. The van der Waals surface area contributed by atoms with Crippen LogP contribution in [0.15, 0.2) is 41.7 Å². The Kier molecular flexibility index (Phi) is 7.43. The summed E-state index contributed by atoms with van der Waals surface area (Å²) in [6.07, 6.45) is 7.05. The molecule has 3 rings (SSSR count). The van der Waals surface area contributed by atoms with Gasteiger partial charge in [0.15, 0.2) is 5.96 Å². The lowest BCUT2D eigenvalue weighted by Crippen LogP contribution is -2.41. The van der Waals surface area contributed by atoms with E-state index in [0.29, 0.717) is 0 Å². The van der Waals surface area contributed by atoms with Gasteiger partial charge in [-0.1, -0.05) is 12.1 Å². The number of hydrogen-bond donors (Lipinski definition) is 2. The lowest BCUT2D eigenvalue weighted by atomic mass is 9.96. The first-order chi connectivity index (χ1) is 12.1. The van der Waals surface area contributed by atoms with E-state index < -0.39 is 0 Å². The molecule has 142 valence electrons. The molecule has 1 aliphatic rings. The molecule has 1 aromatic carbocycles. The van der Waals surface area contributed by atoms with Gasteiger partial charge in [-0.3, -0.25) is 9.67 Å². The van der Waals surface area contributed by atoms with Crippen LogP contribution < -0.4 is 10.6 Å². The van der Waals surface area contributed by atoms with Crippen molar-refractivity contribution in [2.45, 2.75) is 38.1 Å². The second-order valence-electron chi connectivity index (χ2n) is 6.78. The highest BCUT2D eigenvalue weighted by molar-refractivity contribution is 14.0. The third-order valence-electron chi connectivity index (χ3n) is 4.73. The van der Waals surface area contributed by atoms with Crippen LogP contribution in [-0.2, 0) is 12.0 Å². The fourth-order valence-corrected chi connectivity index (χ4v) is 3.05. The van der Waals surface area contributed by atoms with Crippen LogP contribution in [0.25, 0.3) is 0 Å². The van der Waals surface area contributed by atoms with E-state index in [9.17, 15) is 4.39 Å². The molecule has 1 aliphatic carbocycles. The Bertz CT molecular complexity index is 739. The van der Waals surface area contributed by atoms with Gasteiger partial charge in [0.25, 0.3) is 0 Å². The average molecular weight is 471 g/mol. The molecule has 0 spiro atoms. The lowest BCUT2D eigenvalue weighted by molar-refractivity contribution is 0.566.